The molecule has 2 rings (SSSR count). The molecule has 0 saturated carbocycles. The highest BCUT2D eigenvalue weighted by molar-refractivity contribution is 6.30. The molecule has 1 aromatic carbocycles. The van der Waals surface area contributed by atoms with Crippen molar-refractivity contribution in [1.82, 2.24) is 15.0 Å². The lowest BCUT2D eigenvalue weighted by Gasteiger charge is -2.00. The molecular weight excluding hydrogens is 249 g/mol. The van der Waals surface area contributed by atoms with Crippen LogP contribution in [0.15, 0.2) is 24.4 Å². The van der Waals surface area contributed by atoms with E-state index in [0.717, 1.165) is 0 Å². The average Bonchev–Trinajstić information content (AvgIpc) is 2.81. The van der Waals surface area contributed by atoms with E-state index >= 15 is 0 Å². The molecule has 0 radical (unpaired) electrons. The van der Waals surface area contributed by atoms with Gasteiger partial charge in [-0.1, -0.05) is 16.8 Å². The van der Waals surface area contributed by atoms with Crippen molar-refractivity contribution in [1.29, 1.82) is 0 Å². The van der Waals surface area contributed by atoms with Gasteiger partial charge in [-0.25, -0.2) is 13.9 Å². The Morgan fingerprint density at radius 3 is 2.94 bits per heavy atom. The number of hydrogen-bond donors (Lipinski definition) is 0. The zero-order valence-electron chi connectivity index (χ0n) is 8.72. The maximum atomic E-state index is 13.0. The van der Waals surface area contributed by atoms with Gasteiger partial charge in [-0.15, -0.1) is 5.10 Å². The Kier molecular flexibility index (Phi) is 3.06. The van der Waals surface area contributed by atoms with Gasteiger partial charge in [-0.05, 0) is 18.2 Å². The SMILES string of the molecule is COC(=O)c1cn(-c2ccc(F)c(Cl)c2)nn1. The summed E-state index contributed by atoms with van der Waals surface area (Å²) in [6.45, 7) is 0. The smallest absolute Gasteiger partial charge is 0.360 e. The van der Waals surface area contributed by atoms with Gasteiger partial charge >= 0.3 is 5.97 Å². The lowest BCUT2D eigenvalue weighted by Crippen LogP contribution is -2.01. The molecule has 0 atom stereocenters. The maximum Gasteiger partial charge on any atom is 0.360 e. The summed E-state index contributed by atoms with van der Waals surface area (Å²) in [6.07, 6.45) is 1.37. The number of carbonyl (C=O) groups is 1. The Morgan fingerprint density at radius 2 is 2.29 bits per heavy atom. The van der Waals surface area contributed by atoms with Crippen molar-refractivity contribution in [3.05, 3.63) is 40.9 Å². The third-order valence-corrected chi connectivity index (χ3v) is 2.35. The number of nitrogens with zero attached hydrogens (tertiary/aromatic N) is 3. The third-order valence-electron chi connectivity index (χ3n) is 2.06. The van der Waals surface area contributed by atoms with Crippen LogP contribution in [0.4, 0.5) is 4.39 Å². The first-order valence-electron chi connectivity index (χ1n) is 4.58. The number of ether oxygens (including phenoxy) is 1. The quantitative estimate of drug-likeness (QED) is 0.769. The molecule has 1 aromatic heterocycles. The van der Waals surface area contributed by atoms with Gasteiger partial charge in [0.1, 0.15) is 5.82 Å². The highest BCUT2D eigenvalue weighted by atomic mass is 35.5. The van der Waals surface area contributed by atoms with E-state index in [4.69, 9.17) is 11.6 Å². The average molecular weight is 256 g/mol. The van der Waals surface area contributed by atoms with E-state index in [2.05, 4.69) is 15.0 Å². The second kappa shape index (κ2) is 4.50. The molecule has 88 valence electrons. The molecule has 7 heteroatoms. The van der Waals surface area contributed by atoms with Gasteiger partial charge in [-0.2, -0.15) is 0 Å². The summed E-state index contributed by atoms with van der Waals surface area (Å²) < 4.78 is 18.7. The summed E-state index contributed by atoms with van der Waals surface area (Å²) >= 11 is 5.63. The standard InChI is InChI=1S/C10H7ClFN3O2/c1-17-10(16)9-5-15(14-13-9)6-2-3-8(12)7(11)4-6/h2-5H,1H3. The second-order valence-electron chi connectivity index (χ2n) is 3.14. The highest BCUT2D eigenvalue weighted by Crippen LogP contribution is 2.18. The molecule has 0 saturated heterocycles. The lowest BCUT2D eigenvalue weighted by atomic mass is 10.3. The Morgan fingerprint density at radius 1 is 1.53 bits per heavy atom. The Hall–Kier alpha value is -1.95. The van der Waals surface area contributed by atoms with Crippen molar-refractivity contribution >= 4 is 17.6 Å². The van der Waals surface area contributed by atoms with Crippen LogP contribution in [0, 0.1) is 5.82 Å². The number of benzene rings is 1. The van der Waals surface area contributed by atoms with Crippen LogP contribution in [0.3, 0.4) is 0 Å². The van der Waals surface area contributed by atoms with Crippen LogP contribution < -0.4 is 0 Å². The Bertz CT molecular complexity index is 570. The summed E-state index contributed by atoms with van der Waals surface area (Å²) in [5.41, 5.74) is 0.562. The summed E-state index contributed by atoms with van der Waals surface area (Å²) in [5, 5.41) is 7.30. The van der Waals surface area contributed by atoms with Crippen LogP contribution in [-0.2, 0) is 4.74 Å². The van der Waals surface area contributed by atoms with E-state index in [0.29, 0.717) is 5.69 Å². The normalized spacial score (nSPS) is 10.3. The number of methoxy groups -OCH3 is 1. The van der Waals surface area contributed by atoms with Gasteiger partial charge in [-0.3, -0.25) is 0 Å². The predicted molar refractivity (Wildman–Crippen MR) is 57.7 cm³/mol. The number of rotatable bonds is 2. The van der Waals surface area contributed by atoms with Gasteiger partial charge in [0, 0.05) is 0 Å². The Balaban J connectivity index is 2.37. The molecule has 0 amide bonds. The number of hydrogen-bond acceptors (Lipinski definition) is 4. The predicted octanol–water partition coefficient (Wildman–Crippen LogP) is 1.85. The first-order valence-corrected chi connectivity index (χ1v) is 4.95. The molecule has 0 aliphatic carbocycles. The minimum atomic E-state index is -0.593. The van der Waals surface area contributed by atoms with Gasteiger partial charge in [0.25, 0.3) is 0 Å². The van der Waals surface area contributed by atoms with Crippen molar-refractivity contribution < 1.29 is 13.9 Å². The highest BCUT2D eigenvalue weighted by Gasteiger charge is 2.12. The van der Waals surface area contributed by atoms with Crippen LogP contribution in [0.2, 0.25) is 5.02 Å². The van der Waals surface area contributed by atoms with E-state index in [9.17, 15) is 9.18 Å². The first kappa shape index (κ1) is 11.5. The fraction of sp³-hybridized carbons (Fsp3) is 0.100. The molecule has 0 N–H and O–H groups in total. The minimum Gasteiger partial charge on any atom is -0.464 e. The van der Waals surface area contributed by atoms with Crippen LogP contribution in [0.5, 0.6) is 0 Å². The van der Waals surface area contributed by atoms with E-state index < -0.39 is 11.8 Å². The molecule has 1 heterocycles. The van der Waals surface area contributed by atoms with Gasteiger partial charge < -0.3 is 4.74 Å². The van der Waals surface area contributed by atoms with E-state index in [1.807, 2.05) is 0 Å². The summed E-state index contributed by atoms with van der Waals surface area (Å²) in [6, 6.07) is 4.06. The van der Waals surface area contributed by atoms with Crippen molar-refractivity contribution in [2.24, 2.45) is 0 Å². The molecule has 2 aromatic rings. The molecular formula is C10H7ClFN3O2. The molecule has 17 heavy (non-hydrogen) atoms. The molecule has 0 fully saturated rings. The summed E-state index contributed by atoms with van der Waals surface area (Å²) in [4.78, 5) is 11.2. The van der Waals surface area contributed by atoms with Crippen LogP contribution in [0.1, 0.15) is 10.5 Å². The molecule has 0 spiro atoms. The van der Waals surface area contributed by atoms with Crippen molar-refractivity contribution in [3.63, 3.8) is 0 Å². The van der Waals surface area contributed by atoms with E-state index in [1.165, 1.54) is 36.2 Å². The molecule has 5 nitrogen and oxygen atoms in total. The number of aromatic nitrogens is 3. The number of esters is 1. The van der Waals surface area contributed by atoms with Crippen molar-refractivity contribution in [2.45, 2.75) is 0 Å². The summed E-state index contributed by atoms with van der Waals surface area (Å²) in [5.74, 6) is -1.12. The van der Waals surface area contributed by atoms with Crippen LogP contribution in [-0.4, -0.2) is 28.1 Å². The number of carbonyl (C=O) groups excluding carboxylic acids is 1. The maximum absolute atomic E-state index is 13.0. The van der Waals surface area contributed by atoms with Gasteiger partial charge in [0.15, 0.2) is 5.69 Å². The zero-order chi connectivity index (χ0) is 12.4. The monoisotopic (exact) mass is 255 g/mol. The third kappa shape index (κ3) is 2.26. The van der Waals surface area contributed by atoms with Crippen molar-refractivity contribution in [3.8, 4) is 5.69 Å². The van der Waals surface area contributed by atoms with Crippen LogP contribution >= 0.6 is 11.6 Å². The van der Waals surface area contributed by atoms with Gasteiger partial charge in [0.05, 0.1) is 24.0 Å². The van der Waals surface area contributed by atoms with Crippen LogP contribution in [0.25, 0.3) is 5.69 Å². The molecule has 0 aliphatic rings. The largest absolute Gasteiger partial charge is 0.464 e. The lowest BCUT2D eigenvalue weighted by molar-refractivity contribution is 0.0594. The molecule has 0 aliphatic heterocycles. The zero-order valence-corrected chi connectivity index (χ0v) is 9.48. The number of halogens is 2. The molecule has 0 unspecified atom stereocenters. The second-order valence-corrected chi connectivity index (χ2v) is 3.55. The molecule has 0 bridgehead atoms. The fourth-order valence-electron chi connectivity index (χ4n) is 1.22. The van der Waals surface area contributed by atoms with Gasteiger partial charge in [0.2, 0.25) is 0 Å². The topological polar surface area (TPSA) is 57.0 Å². The van der Waals surface area contributed by atoms with E-state index in [-0.39, 0.29) is 10.7 Å². The van der Waals surface area contributed by atoms with E-state index in [1.54, 1.807) is 0 Å². The first-order chi connectivity index (χ1) is 8.11. The fourth-order valence-corrected chi connectivity index (χ4v) is 1.39. The Labute approximate surface area is 101 Å². The minimum absolute atomic E-state index is 0.0300. The van der Waals surface area contributed by atoms with Crippen molar-refractivity contribution in [2.75, 3.05) is 7.11 Å². The summed E-state index contributed by atoms with van der Waals surface area (Å²) in [7, 11) is 1.25.